The topological polar surface area (TPSA) is 92.9 Å². The van der Waals surface area contributed by atoms with Crippen molar-refractivity contribution in [3.8, 4) is 21.9 Å². The molecule has 2 atom stereocenters. The fourth-order valence-corrected chi connectivity index (χ4v) is 3.94. The molecule has 0 aromatic carbocycles. The van der Waals surface area contributed by atoms with E-state index in [0.29, 0.717) is 30.7 Å². The van der Waals surface area contributed by atoms with Gasteiger partial charge in [0.05, 0.1) is 21.8 Å². The van der Waals surface area contributed by atoms with Crippen LogP contribution in [0.2, 0.25) is 0 Å². The van der Waals surface area contributed by atoms with Crippen molar-refractivity contribution in [3.63, 3.8) is 0 Å². The standard InChI is InChI=1S/C20H23N5O2S/c1-11-8-14(11)19(26)21-6-7-22-20-23-10-15(16-9-12(2)25-27-16)18(24-20)17-5-4-13(3)28-17/h4-5,9-11,14H,6-8H2,1-3H3,(H,21,26)(H,22,23,24). The molecule has 2 N–H and O–H groups in total. The second-order valence-electron chi connectivity index (χ2n) is 7.24. The minimum absolute atomic E-state index is 0.140. The Balaban J connectivity index is 1.48. The predicted octanol–water partition coefficient (Wildman–Crippen LogP) is 3.66. The van der Waals surface area contributed by atoms with Crippen molar-refractivity contribution >= 4 is 23.2 Å². The van der Waals surface area contributed by atoms with Gasteiger partial charge in [0.15, 0.2) is 5.76 Å². The molecule has 0 aliphatic heterocycles. The van der Waals surface area contributed by atoms with Gasteiger partial charge >= 0.3 is 0 Å². The van der Waals surface area contributed by atoms with Gasteiger partial charge < -0.3 is 15.2 Å². The van der Waals surface area contributed by atoms with E-state index in [2.05, 4.69) is 46.8 Å². The highest BCUT2D eigenvalue weighted by Crippen LogP contribution is 2.37. The van der Waals surface area contributed by atoms with Crippen LogP contribution >= 0.6 is 11.3 Å². The highest BCUT2D eigenvalue weighted by molar-refractivity contribution is 7.15. The first kappa shape index (κ1) is 18.6. The highest BCUT2D eigenvalue weighted by atomic mass is 32.1. The molecule has 1 aliphatic carbocycles. The number of aryl methyl sites for hydroxylation is 2. The maximum atomic E-state index is 11.9. The molecule has 1 amide bonds. The Kier molecular flexibility index (Phi) is 5.13. The zero-order valence-electron chi connectivity index (χ0n) is 16.2. The molecule has 3 aromatic rings. The second kappa shape index (κ2) is 7.71. The normalized spacial score (nSPS) is 18.1. The fourth-order valence-electron chi connectivity index (χ4n) is 3.07. The summed E-state index contributed by atoms with van der Waals surface area (Å²) in [6, 6.07) is 6.00. The van der Waals surface area contributed by atoms with E-state index in [1.165, 1.54) is 4.88 Å². The molecule has 0 radical (unpaired) electrons. The molecule has 1 aliphatic rings. The number of hydrogen-bond acceptors (Lipinski definition) is 7. The number of nitrogens with one attached hydrogen (secondary N) is 2. The van der Waals surface area contributed by atoms with E-state index in [9.17, 15) is 4.79 Å². The summed E-state index contributed by atoms with van der Waals surface area (Å²) in [4.78, 5) is 23.3. The van der Waals surface area contributed by atoms with Crippen LogP contribution in [0, 0.1) is 25.7 Å². The Hall–Kier alpha value is -2.74. The number of carbonyl (C=O) groups is 1. The predicted molar refractivity (Wildman–Crippen MR) is 109 cm³/mol. The van der Waals surface area contributed by atoms with Gasteiger partial charge in [0.2, 0.25) is 11.9 Å². The first-order valence-corrected chi connectivity index (χ1v) is 10.2. The zero-order chi connectivity index (χ0) is 19.7. The number of amides is 1. The van der Waals surface area contributed by atoms with Crippen molar-refractivity contribution in [2.24, 2.45) is 11.8 Å². The van der Waals surface area contributed by atoms with E-state index in [1.807, 2.05) is 13.0 Å². The van der Waals surface area contributed by atoms with Crippen LogP contribution in [0.15, 0.2) is 28.9 Å². The number of anilines is 1. The van der Waals surface area contributed by atoms with Gasteiger partial charge in [0, 0.05) is 36.1 Å². The van der Waals surface area contributed by atoms with E-state index in [0.717, 1.165) is 28.2 Å². The molecule has 1 saturated carbocycles. The second-order valence-corrected chi connectivity index (χ2v) is 8.52. The lowest BCUT2D eigenvalue weighted by Gasteiger charge is -2.09. The number of nitrogens with zero attached hydrogens (tertiary/aromatic N) is 3. The minimum Gasteiger partial charge on any atom is -0.356 e. The minimum atomic E-state index is 0.140. The van der Waals surface area contributed by atoms with E-state index >= 15 is 0 Å². The first-order chi connectivity index (χ1) is 13.5. The van der Waals surface area contributed by atoms with E-state index in [1.54, 1.807) is 17.5 Å². The molecule has 0 bridgehead atoms. The summed E-state index contributed by atoms with van der Waals surface area (Å²) in [5, 5.41) is 10.1. The molecule has 2 unspecified atom stereocenters. The van der Waals surface area contributed by atoms with E-state index < -0.39 is 0 Å². The average molecular weight is 398 g/mol. The van der Waals surface area contributed by atoms with Crippen molar-refractivity contribution in [1.29, 1.82) is 0 Å². The summed E-state index contributed by atoms with van der Waals surface area (Å²) in [5.74, 6) is 2.02. The van der Waals surface area contributed by atoms with Gasteiger partial charge in [0.1, 0.15) is 0 Å². The van der Waals surface area contributed by atoms with Crippen molar-refractivity contribution in [3.05, 3.63) is 35.0 Å². The Morgan fingerprint density at radius 3 is 2.79 bits per heavy atom. The molecule has 0 saturated heterocycles. The Morgan fingerprint density at radius 1 is 1.32 bits per heavy atom. The van der Waals surface area contributed by atoms with Crippen LogP contribution in [0.25, 0.3) is 21.9 Å². The lowest BCUT2D eigenvalue weighted by Crippen LogP contribution is -2.30. The first-order valence-electron chi connectivity index (χ1n) is 9.40. The fraction of sp³-hybridized carbons (Fsp3) is 0.400. The number of hydrogen-bond donors (Lipinski definition) is 2. The number of rotatable bonds is 7. The Morgan fingerprint density at radius 2 is 2.14 bits per heavy atom. The molecule has 1 fully saturated rings. The largest absolute Gasteiger partial charge is 0.356 e. The molecule has 4 rings (SSSR count). The molecular formula is C20H23N5O2S. The van der Waals surface area contributed by atoms with Crippen LogP contribution in [0.5, 0.6) is 0 Å². The summed E-state index contributed by atoms with van der Waals surface area (Å²) in [6.07, 6.45) is 2.75. The van der Waals surface area contributed by atoms with Crippen LogP contribution in [0.1, 0.15) is 23.9 Å². The quantitative estimate of drug-likeness (QED) is 0.591. The summed E-state index contributed by atoms with van der Waals surface area (Å²) < 4.78 is 5.43. The molecule has 3 aromatic heterocycles. The van der Waals surface area contributed by atoms with Crippen molar-refractivity contribution in [1.82, 2.24) is 20.4 Å². The van der Waals surface area contributed by atoms with Crippen LogP contribution in [-0.2, 0) is 4.79 Å². The Labute approximate surface area is 167 Å². The maximum absolute atomic E-state index is 11.9. The molecule has 7 nitrogen and oxygen atoms in total. The van der Waals surface area contributed by atoms with Crippen LogP contribution < -0.4 is 10.6 Å². The third kappa shape index (κ3) is 4.06. The third-order valence-corrected chi connectivity index (χ3v) is 5.82. The smallest absolute Gasteiger partial charge is 0.223 e. The lowest BCUT2D eigenvalue weighted by molar-refractivity contribution is -0.122. The third-order valence-electron chi connectivity index (χ3n) is 4.81. The molecular weight excluding hydrogens is 374 g/mol. The summed E-state index contributed by atoms with van der Waals surface area (Å²) in [7, 11) is 0. The van der Waals surface area contributed by atoms with Crippen molar-refractivity contribution in [2.75, 3.05) is 18.4 Å². The van der Waals surface area contributed by atoms with Gasteiger partial charge in [-0.1, -0.05) is 12.1 Å². The zero-order valence-corrected chi connectivity index (χ0v) is 17.0. The van der Waals surface area contributed by atoms with E-state index in [4.69, 9.17) is 9.51 Å². The molecule has 0 spiro atoms. The van der Waals surface area contributed by atoms with Crippen molar-refractivity contribution < 1.29 is 9.32 Å². The van der Waals surface area contributed by atoms with Gasteiger partial charge in [0.25, 0.3) is 0 Å². The van der Waals surface area contributed by atoms with Crippen LogP contribution in [-0.4, -0.2) is 34.1 Å². The lowest BCUT2D eigenvalue weighted by atomic mass is 10.1. The molecule has 8 heteroatoms. The van der Waals surface area contributed by atoms with Gasteiger partial charge in [-0.3, -0.25) is 4.79 Å². The molecule has 3 heterocycles. The summed E-state index contributed by atoms with van der Waals surface area (Å²) >= 11 is 1.67. The Bertz CT molecular complexity index is 996. The maximum Gasteiger partial charge on any atom is 0.223 e. The monoisotopic (exact) mass is 397 g/mol. The van der Waals surface area contributed by atoms with Gasteiger partial charge in [-0.05, 0) is 38.3 Å². The molecule has 146 valence electrons. The van der Waals surface area contributed by atoms with Crippen LogP contribution in [0.4, 0.5) is 5.95 Å². The van der Waals surface area contributed by atoms with Gasteiger partial charge in [-0.2, -0.15) is 0 Å². The number of carbonyl (C=O) groups excluding carboxylic acids is 1. The number of thiophene rings is 1. The SMILES string of the molecule is Cc1cc(-c2cnc(NCCNC(=O)C3CC3C)nc2-c2ccc(C)s2)on1. The average Bonchev–Trinajstić information content (AvgIpc) is 3.03. The van der Waals surface area contributed by atoms with Crippen molar-refractivity contribution in [2.45, 2.75) is 27.2 Å². The molecule has 28 heavy (non-hydrogen) atoms. The summed E-state index contributed by atoms with van der Waals surface area (Å²) in [5.41, 5.74) is 2.43. The van der Waals surface area contributed by atoms with Gasteiger partial charge in [-0.15, -0.1) is 11.3 Å². The van der Waals surface area contributed by atoms with Gasteiger partial charge in [-0.25, -0.2) is 9.97 Å². The van der Waals surface area contributed by atoms with E-state index in [-0.39, 0.29) is 11.8 Å². The van der Waals surface area contributed by atoms with Crippen LogP contribution in [0.3, 0.4) is 0 Å². The highest BCUT2D eigenvalue weighted by Gasteiger charge is 2.38. The number of aromatic nitrogens is 3. The summed E-state index contributed by atoms with van der Waals surface area (Å²) in [6.45, 7) is 7.16.